The van der Waals surface area contributed by atoms with Crippen molar-refractivity contribution in [3.63, 3.8) is 0 Å². The number of hydrogen-bond donors (Lipinski definition) is 1. The minimum Gasteiger partial charge on any atom is -0.301 e. The number of aryl methyl sites for hydroxylation is 3. The van der Waals surface area contributed by atoms with Crippen molar-refractivity contribution in [2.75, 3.05) is 11.1 Å². The Balaban J connectivity index is 1.71. The molecule has 1 N–H and O–H groups in total. The predicted octanol–water partition coefficient (Wildman–Crippen LogP) is 4.50. The number of benzene rings is 2. The van der Waals surface area contributed by atoms with Crippen LogP contribution in [0.25, 0.3) is 16.6 Å². The number of para-hydroxylation sites is 1. The molecule has 152 valence electrons. The molecular formula is C22H20N4O2S2. The number of anilines is 1. The molecule has 2 aromatic heterocycles. The summed E-state index contributed by atoms with van der Waals surface area (Å²) < 4.78 is 1.58. The van der Waals surface area contributed by atoms with E-state index in [9.17, 15) is 9.59 Å². The van der Waals surface area contributed by atoms with Gasteiger partial charge >= 0.3 is 0 Å². The van der Waals surface area contributed by atoms with Gasteiger partial charge in [0.1, 0.15) is 0 Å². The Morgan fingerprint density at radius 1 is 1.10 bits per heavy atom. The number of nitrogens with zero attached hydrogens (tertiary/aromatic N) is 3. The first-order valence-corrected chi connectivity index (χ1v) is 11.2. The summed E-state index contributed by atoms with van der Waals surface area (Å²) in [5, 5.41) is 6.26. The third kappa shape index (κ3) is 4.15. The Morgan fingerprint density at radius 3 is 2.63 bits per heavy atom. The first-order chi connectivity index (χ1) is 14.4. The highest BCUT2D eigenvalue weighted by molar-refractivity contribution is 7.99. The molecule has 0 saturated carbocycles. The largest absolute Gasteiger partial charge is 0.301 e. The molecule has 4 aromatic rings. The molecule has 2 heterocycles. The first kappa shape index (κ1) is 20.3. The number of thioether (sulfide) groups is 1. The lowest BCUT2D eigenvalue weighted by Crippen LogP contribution is -2.23. The molecule has 0 bridgehead atoms. The zero-order valence-corrected chi connectivity index (χ0v) is 18.4. The van der Waals surface area contributed by atoms with E-state index in [2.05, 4.69) is 15.3 Å². The average Bonchev–Trinajstić information content (AvgIpc) is 3.13. The fraction of sp³-hybridized carbons (Fsp3) is 0.182. The second-order valence-electron chi connectivity index (χ2n) is 6.95. The highest BCUT2D eigenvalue weighted by Crippen LogP contribution is 2.23. The minimum absolute atomic E-state index is 0.119. The van der Waals surface area contributed by atoms with Crippen LogP contribution in [-0.4, -0.2) is 26.2 Å². The van der Waals surface area contributed by atoms with Crippen LogP contribution in [0.15, 0.2) is 57.8 Å². The van der Waals surface area contributed by atoms with Gasteiger partial charge in [-0.25, -0.2) is 9.97 Å². The molecule has 0 radical (unpaired) electrons. The van der Waals surface area contributed by atoms with Gasteiger partial charge < -0.3 is 5.32 Å². The van der Waals surface area contributed by atoms with E-state index in [1.165, 1.54) is 23.1 Å². The third-order valence-electron chi connectivity index (χ3n) is 4.69. The van der Waals surface area contributed by atoms with Gasteiger partial charge in [0, 0.05) is 5.38 Å². The van der Waals surface area contributed by atoms with E-state index in [0.29, 0.717) is 21.2 Å². The summed E-state index contributed by atoms with van der Waals surface area (Å²) >= 11 is 2.62. The summed E-state index contributed by atoms with van der Waals surface area (Å²) in [5.41, 5.74) is 4.29. The Hall–Kier alpha value is -2.97. The van der Waals surface area contributed by atoms with Gasteiger partial charge in [0.15, 0.2) is 10.3 Å². The van der Waals surface area contributed by atoms with Crippen LogP contribution in [0.5, 0.6) is 0 Å². The number of fused-ring (bicyclic) bond motifs is 1. The molecule has 0 aliphatic rings. The van der Waals surface area contributed by atoms with Gasteiger partial charge in [0.2, 0.25) is 5.91 Å². The number of aromatic nitrogens is 3. The number of nitrogens with one attached hydrogen (secondary N) is 1. The zero-order valence-electron chi connectivity index (χ0n) is 16.8. The number of rotatable bonds is 5. The second kappa shape index (κ2) is 8.41. The normalized spacial score (nSPS) is 11.0. The Kier molecular flexibility index (Phi) is 5.69. The van der Waals surface area contributed by atoms with Crippen LogP contribution >= 0.6 is 23.1 Å². The number of hydrogen-bond acceptors (Lipinski definition) is 6. The van der Waals surface area contributed by atoms with E-state index in [0.717, 1.165) is 22.5 Å². The summed E-state index contributed by atoms with van der Waals surface area (Å²) in [6.07, 6.45) is 0. The number of carbonyl (C=O) groups is 1. The van der Waals surface area contributed by atoms with E-state index < -0.39 is 0 Å². The van der Waals surface area contributed by atoms with Crippen molar-refractivity contribution in [1.29, 1.82) is 0 Å². The van der Waals surface area contributed by atoms with Gasteiger partial charge in [-0.3, -0.25) is 14.2 Å². The second-order valence-corrected chi connectivity index (χ2v) is 8.75. The summed E-state index contributed by atoms with van der Waals surface area (Å²) in [4.78, 5) is 34.6. The molecule has 0 saturated heterocycles. The molecule has 0 spiro atoms. The SMILES string of the molecule is Cc1csc(NC(=O)CSc2nc3ccccc3c(=O)n2-c2ccc(C)c(C)c2)n1. The fourth-order valence-corrected chi connectivity index (χ4v) is 4.52. The van der Waals surface area contributed by atoms with Crippen LogP contribution in [-0.2, 0) is 4.79 Å². The van der Waals surface area contributed by atoms with Gasteiger partial charge in [0.25, 0.3) is 5.56 Å². The van der Waals surface area contributed by atoms with Crippen LogP contribution in [0.4, 0.5) is 5.13 Å². The van der Waals surface area contributed by atoms with Crippen molar-refractivity contribution < 1.29 is 4.79 Å². The number of carbonyl (C=O) groups excluding carboxylic acids is 1. The van der Waals surface area contributed by atoms with Crippen LogP contribution in [0.2, 0.25) is 0 Å². The van der Waals surface area contributed by atoms with Gasteiger partial charge in [-0.05, 0) is 56.2 Å². The Bertz CT molecular complexity index is 1310. The summed E-state index contributed by atoms with van der Waals surface area (Å²) in [5.74, 6) is -0.0720. The van der Waals surface area contributed by atoms with Crippen LogP contribution < -0.4 is 10.9 Å². The molecule has 2 aromatic carbocycles. The van der Waals surface area contributed by atoms with Crippen molar-refractivity contribution >= 4 is 45.0 Å². The topological polar surface area (TPSA) is 76.9 Å². The van der Waals surface area contributed by atoms with E-state index in [-0.39, 0.29) is 17.2 Å². The van der Waals surface area contributed by atoms with Crippen molar-refractivity contribution in [1.82, 2.24) is 14.5 Å². The molecule has 0 aliphatic carbocycles. The van der Waals surface area contributed by atoms with Gasteiger partial charge in [-0.2, -0.15) is 0 Å². The average molecular weight is 437 g/mol. The van der Waals surface area contributed by atoms with Gasteiger partial charge in [-0.1, -0.05) is 30.0 Å². The van der Waals surface area contributed by atoms with Crippen molar-refractivity contribution in [2.45, 2.75) is 25.9 Å². The van der Waals surface area contributed by atoms with E-state index in [4.69, 9.17) is 0 Å². The maximum Gasteiger partial charge on any atom is 0.266 e. The molecule has 0 atom stereocenters. The summed E-state index contributed by atoms with van der Waals surface area (Å²) in [6, 6.07) is 13.1. The number of amides is 1. The zero-order chi connectivity index (χ0) is 21.3. The smallest absolute Gasteiger partial charge is 0.266 e. The lowest BCUT2D eigenvalue weighted by Gasteiger charge is -2.14. The summed E-state index contributed by atoms with van der Waals surface area (Å²) in [6.45, 7) is 5.91. The van der Waals surface area contributed by atoms with E-state index in [1.807, 2.05) is 62.5 Å². The van der Waals surface area contributed by atoms with Gasteiger partial charge in [0.05, 0.1) is 28.0 Å². The highest BCUT2D eigenvalue weighted by atomic mass is 32.2. The van der Waals surface area contributed by atoms with Gasteiger partial charge in [-0.15, -0.1) is 11.3 Å². The molecule has 1 amide bonds. The Labute approximate surface area is 182 Å². The number of thiazole rings is 1. The highest BCUT2D eigenvalue weighted by Gasteiger charge is 2.15. The van der Waals surface area contributed by atoms with Crippen molar-refractivity contribution in [3.05, 3.63) is 75.0 Å². The molecule has 30 heavy (non-hydrogen) atoms. The minimum atomic E-state index is -0.191. The molecule has 0 unspecified atom stereocenters. The third-order valence-corrected chi connectivity index (χ3v) is 6.51. The standard InChI is InChI=1S/C22H20N4O2S2/c1-13-8-9-16(10-14(13)2)26-20(28)17-6-4-5-7-18(17)24-22(26)30-12-19(27)25-21-23-15(3)11-29-21/h4-11H,12H2,1-3H3,(H,23,25,27). The predicted molar refractivity (Wildman–Crippen MR) is 123 cm³/mol. The molecule has 4 rings (SSSR count). The monoisotopic (exact) mass is 436 g/mol. The maximum atomic E-state index is 13.3. The molecule has 0 aliphatic heterocycles. The lowest BCUT2D eigenvalue weighted by atomic mass is 10.1. The summed E-state index contributed by atoms with van der Waals surface area (Å²) in [7, 11) is 0. The quantitative estimate of drug-likeness (QED) is 0.368. The van der Waals surface area contributed by atoms with Crippen LogP contribution in [0, 0.1) is 20.8 Å². The molecule has 0 fully saturated rings. The molecular weight excluding hydrogens is 416 g/mol. The first-order valence-electron chi connectivity index (χ1n) is 9.36. The Morgan fingerprint density at radius 2 is 1.90 bits per heavy atom. The van der Waals surface area contributed by atoms with E-state index in [1.54, 1.807) is 10.6 Å². The lowest BCUT2D eigenvalue weighted by molar-refractivity contribution is -0.113. The maximum absolute atomic E-state index is 13.3. The molecule has 6 nitrogen and oxygen atoms in total. The van der Waals surface area contributed by atoms with Crippen LogP contribution in [0.1, 0.15) is 16.8 Å². The van der Waals surface area contributed by atoms with Crippen molar-refractivity contribution in [2.24, 2.45) is 0 Å². The molecule has 8 heteroatoms. The van der Waals surface area contributed by atoms with Crippen molar-refractivity contribution in [3.8, 4) is 5.69 Å². The fourth-order valence-electron chi connectivity index (χ4n) is 3.00. The van der Waals surface area contributed by atoms with Crippen LogP contribution in [0.3, 0.4) is 0 Å². The van der Waals surface area contributed by atoms with E-state index >= 15 is 0 Å².